The molecule has 0 radical (unpaired) electrons. The number of carbonyl (C=O) groups is 4. The molecular formula is C36H69N11O4+4. The highest BCUT2D eigenvalue weighted by atomic mass is 16.2. The third kappa shape index (κ3) is 26.2. The maximum atomic E-state index is 12.2. The first-order valence-corrected chi connectivity index (χ1v) is 18.5. The quantitative estimate of drug-likeness (QED) is 0.00877. The van der Waals surface area contributed by atoms with Crippen molar-refractivity contribution in [2.75, 3.05) is 14.1 Å². The fraction of sp³-hybridized carbons (Fsp3) is 0.722. The van der Waals surface area contributed by atoms with Gasteiger partial charge in [0.05, 0.1) is 14.1 Å². The van der Waals surface area contributed by atoms with Gasteiger partial charge in [-0.15, -0.1) is 0 Å². The van der Waals surface area contributed by atoms with E-state index in [0.717, 1.165) is 101 Å². The summed E-state index contributed by atoms with van der Waals surface area (Å²) in [6.07, 6.45) is 18.4. The zero-order chi connectivity index (χ0) is 38.3. The first-order valence-electron chi connectivity index (χ1n) is 18.5. The minimum atomic E-state index is -0.579. The van der Waals surface area contributed by atoms with Gasteiger partial charge in [0.25, 0.3) is 0 Å². The van der Waals surface area contributed by atoms with Gasteiger partial charge in [-0.25, -0.2) is 10.9 Å². The second kappa shape index (κ2) is 30.5. The molecule has 0 bridgehead atoms. The van der Waals surface area contributed by atoms with Crippen LogP contribution in [0.2, 0.25) is 0 Å². The molecule has 4 unspecified atom stereocenters. The van der Waals surface area contributed by atoms with Crippen molar-refractivity contribution in [2.45, 2.75) is 135 Å². The van der Waals surface area contributed by atoms with Crippen molar-refractivity contribution in [1.82, 2.24) is 10.9 Å². The SMILES string of the molecule is C[NH+]=C(N)CCCCCCC(=[NH2+])CC(CC=O)C(C)C/C=N/NC(=O)CC(=O)N/N=C/CC(C)C(CC=O)[NH+]=C(N)CCCCCCC(N)=[NH+]C. The van der Waals surface area contributed by atoms with Crippen LogP contribution >= 0.6 is 0 Å². The smallest absolute Gasteiger partial charge is 0.249 e. The van der Waals surface area contributed by atoms with Crippen molar-refractivity contribution < 1.29 is 39.6 Å². The van der Waals surface area contributed by atoms with Gasteiger partial charge < -0.3 is 9.59 Å². The Bertz CT molecular complexity index is 1180. The van der Waals surface area contributed by atoms with E-state index in [2.05, 4.69) is 36.0 Å². The van der Waals surface area contributed by atoms with E-state index >= 15 is 0 Å². The van der Waals surface area contributed by atoms with Crippen LogP contribution in [-0.2, 0) is 19.2 Å². The van der Waals surface area contributed by atoms with Gasteiger partial charge in [0.1, 0.15) is 30.7 Å². The molecule has 0 rings (SSSR count). The number of nitrogens with two attached hydrogens (primary N) is 4. The third-order valence-electron chi connectivity index (χ3n) is 8.95. The van der Waals surface area contributed by atoms with Crippen LogP contribution < -0.4 is 48.4 Å². The summed E-state index contributed by atoms with van der Waals surface area (Å²) in [4.78, 5) is 56.1. The van der Waals surface area contributed by atoms with Crippen molar-refractivity contribution in [3.8, 4) is 0 Å². The van der Waals surface area contributed by atoms with Crippen molar-refractivity contribution in [3.05, 3.63) is 0 Å². The summed E-state index contributed by atoms with van der Waals surface area (Å²) in [7, 11) is 3.64. The Balaban J connectivity index is 4.50. The number of rotatable bonds is 31. The van der Waals surface area contributed by atoms with Crippen LogP contribution in [0, 0.1) is 17.8 Å². The molecule has 0 spiro atoms. The van der Waals surface area contributed by atoms with Crippen LogP contribution in [0.3, 0.4) is 0 Å². The minimum Gasteiger partial charge on any atom is -0.303 e. The number of nitrogens with zero attached hydrogens (tertiary/aromatic N) is 2. The Labute approximate surface area is 304 Å². The van der Waals surface area contributed by atoms with Gasteiger partial charge in [-0.1, -0.05) is 39.5 Å². The molecule has 13 N–H and O–H groups in total. The largest absolute Gasteiger partial charge is 0.303 e. The average molecular weight is 720 g/mol. The Morgan fingerprint density at radius 1 is 0.667 bits per heavy atom. The molecular weight excluding hydrogens is 650 g/mol. The number of hydrogen-bond acceptors (Lipinski definition) is 6. The van der Waals surface area contributed by atoms with E-state index in [4.69, 9.17) is 22.6 Å². The molecule has 0 aromatic rings. The molecule has 0 aliphatic rings. The van der Waals surface area contributed by atoms with E-state index in [1.165, 1.54) is 0 Å². The molecule has 0 aromatic carbocycles. The summed E-state index contributed by atoms with van der Waals surface area (Å²) < 4.78 is 0. The Morgan fingerprint density at radius 3 is 1.59 bits per heavy atom. The molecule has 0 aromatic heterocycles. The van der Waals surface area contributed by atoms with Crippen molar-refractivity contribution in [1.29, 1.82) is 0 Å². The zero-order valence-corrected chi connectivity index (χ0v) is 31.7. The predicted molar refractivity (Wildman–Crippen MR) is 203 cm³/mol. The first-order chi connectivity index (χ1) is 24.5. The topological polar surface area (TPSA) is 263 Å². The average Bonchev–Trinajstić information content (AvgIpc) is 3.10. The normalized spacial score (nSPS) is 15.0. The van der Waals surface area contributed by atoms with Crippen molar-refractivity contribution in [3.63, 3.8) is 0 Å². The minimum absolute atomic E-state index is 0.0119. The summed E-state index contributed by atoms with van der Waals surface area (Å²) >= 11 is 0. The van der Waals surface area contributed by atoms with Crippen LogP contribution in [0.1, 0.15) is 129 Å². The lowest BCUT2D eigenvalue weighted by Crippen LogP contribution is -2.83. The molecule has 0 saturated carbocycles. The van der Waals surface area contributed by atoms with Gasteiger partial charge in [-0.3, -0.25) is 47.2 Å². The van der Waals surface area contributed by atoms with Crippen LogP contribution in [0.15, 0.2) is 10.2 Å². The maximum Gasteiger partial charge on any atom is 0.249 e. The second-order valence-corrected chi connectivity index (χ2v) is 13.4. The molecule has 15 heteroatoms. The van der Waals surface area contributed by atoms with Gasteiger partial charge in [0, 0.05) is 63.3 Å². The Hall–Kier alpha value is -4.30. The fourth-order valence-corrected chi connectivity index (χ4v) is 5.44. The monoisotopic (exact) mass is 720 g/mol. The standard InChI is InChI=1S/C36H65N11O4/c1-27(29(19-23-48)25-30(37)13-9-5-6-10-14-32(38)41-3)17-21-43-46-35(50)26-36(51)47-44-22-18-28(2)31(20-24-49)45-34(40)16-12-8-7-11-15-33(39)42-4/h21-24,27-29,31,37H,5-20,25-26H2,1-4H3,(H2,38,41)(H2,39,42)(H2,40,45)(H,46,50)(H,47,51)/p+4/b37-30?,43-21+,44-22+. The molecule has 0 aliphatic heterocycles. The van der Waals surface area contributed by atoms with E-state index < -0.39 is 18.2 Å². The number of amides is 2. The van der Waals surface area contributed by atoms with Gasteiger partial charge in [-0.05, 0) is 50.4 Å². The molecule has 288 valence electrons. The third-order valence-corrected chi connectivity index (χ3v) is 8.95. The highest BCUT2D eigenvalue weighted by Gasteiger charge is 2.21. The van der Waals surface area contributed by atoms with E-state index in [1.807, 2.05) is 27.9 Å². The number of aldehydes is 2. The lowest BCUT2D eigenvalue weighted by Gasteiger charge is -2.19. The lowest BCUT2D eigenvalue weighted by atomic mass is 9.84. The Morgan fingerprint density at radius 2 is 1.12 bits per heavy atom. The molecule has 15 nitrogen and oxygen atoms in total. The molecule has 4 atom stereocenters. The van der Waals surface area contributed by atoms with Crippen LogP contribution in [0.25, 0.3) is 0 Å². The molecule has 2 amide bonds. The number of unbranched alkanes of at least 4 members (excludes halogenated alkanes) is 6. The van der Waals surface area contributed by atoms with Crippen molar-refractivity contribution in [2.24, 2.45) is 45.2 Å². The molecule has 51 heavy (non-hydrogen) atoms. The summed E-state index contributed by atoms with van der Waals surface area (Å²) in [6, 6.07) is -0.168. The highest BCUT2D eigenvalue weighted by molar-refractivity contribution is 5.97. The predicted octanol–water partition coefficient (Wildman–Crippen LogP) is -3.36. The fourth-order valence-electron chi connectivity index (χ4n) is 5.44. The molecule has 0 aliphatic carbocycles. The van der Waals surface area contributed by atoms with Gasteiger partial charge >= 0.3 is 0 Å². The van der Waals surface area contributed by atoms with Gasteiger partial charge in [-0.2, -0.15) is 10.2 Å². The summed E-state index contributed by atoms with van der Waals surface area (Å²) in [5, 5.41) is 14.2. The van der Waals surface area contributed by atoms with E-state index in [-0.39, 0.29) is 23.8 Å². The van der Waals surface area contributed by atoms with Crippen LogP contribution in [0.5, 0.6) is 0 Å². The summed E-state index contributed by atoms with van der Waals surface area (Å²) in [5.41, 5.74) is 23.4. The first kappa shape index (κ1) is 46.7. The number of carbonyl (C=O) groups excluding carboxylic acids is 4. The number of amidine groups is 3. The zero-order valence-electron chi connectivity index (χ0n) is 31.7. The van der Waals surface area contributed by atoms with Crippen LogP contribution in [-0.4, -0.2) is 80.2 Å². The van der Waals surface area contributed by atoms with Crippen LogP contribution in [0.4, 0.5) is 0 Å². The molecule has 0 heterocycles. The number of hydrogen-bond donors (Lipinski definition) is 9. The molecule has 0 fully saturated rings. The highest BCUT2D eigenvalue weighted by Crippen LogP contribution is 2.22. The van der Waals surface area contributed by atoms with Crippen molar-refractivity contribution >= 4 is 60.0 Å². The summed E-state index contributed by atoms with van der Waals surface area (Å²) in [5.74, 6) is 1.30. The molecule has 0 saturated heterocycles. The Kier molecular flexibility index (Phi) is 27.9. The summed E-state index contributed by atoms with van der Waals surface area (Å²) in [6.45, 7) is 4.00. The second-order valence-electron chi connectivity index (χ2n) is 13.4. The van der Waals surface area contributed by atoms with E-state index in [9.17, 15) is 19.2 Å². The maximum absolute atomic E-state index is 12.2. The number of nitrogens with one attached hydrogen (secondary N) is 5. The van der Waals surface area contributed by atoms with Gasteiger partial charge in [0.15, 0.2) is 0 Å². The van der Waals surface area contributed by atoms with E-state index in [1.54, 1.807) is 12.4 Å². The van der Waals surface area contributed by atoms with E-state index in [0.29, 0.717) is 44.4 Å². The number of hydrazone groups is 2. The lowest BCUT2D eigenvalue weighted by molar-refractivity contribution is -0.513. The van der Waals surface area contributed by atoms with Gasteiger partial charge in [0.2, 0.25) is 29.3 Å².